The summed E-state index contributed by atoms with van der Waals surface area (Å²) in [5, 5.41) is 19.3. The van der Waals surface area contributed by atoms with Gasteiger partial charge in [0.2, 0.25) is 5.91 Å². The Labute approximate surface area is 219 Å². The van der Waals surface area contributed by atoms with Crippen molar-refractivity contribution in [3.05, 3.63) is 47.5 Å². The summed E-state index contributed by atoms with van der Waals surface area (Å²) in [5.41, 5.74) is 0.923. The lowest BCUT2D eigenvalue weighted by atomic mass is 9.98. The van der Waals surface area contributed by atoms with Gasteiger partial charge in [-0.05, 0) is 54.5 Å². The lowest BCUT2D eigenvalue weighted by Gasteiger charge is -2.29. The SMILES string of the molecule is COCCNCc1ccc2oc3cc(C(NC(CC(C)C)C(=O)NC4(C#N)CC4)C(F)(F)F)ccc3c2c1. The predicted molar refractivity (Wildman–Crippen MR) is 138 cm³/mol. The molecular weight excluding hydrogens is 497 g/mol. The van der Waals surface area contributed by atoms with Crippen molar-refractivity contribution in [1.82, 2.24) is 16.0 Å². The summed E-state index contributed by atoms with van der Waals surface area (Å²) >= 11 is 0. The summed E-state index contributed by atoms with van der Waals surface area (Å²) in [6.45, 7) is 5.58. The number of furan rings is 1. The smallest absolute Gasteiger partial charge is 0.407 e. The number of carbonyl (C=O) groups is 1. The molecule has 3 N–H and O–H groups in total. The van der Waals surface area contributed by atoms with Crippen LogP contribution in [0.2, 0.25) is 0 Å². The van der Waals surface area contributed by atoms with Crippen LogP contribution in [-0.2, 0) is 16.1 Å². The van der Waals surface area contributed by atoms with Crippen LogP contribution in [-0.4, -0.2) is 43.9 Å². The first-order chi connectivity index (χ1) is 18.0. The Kier molecular flexibility index (Phi) is 8.31. The van der Waals surface area contributed by atoms with E-state index in [1.54, 1.807) is 13.2 Å². The van der Waals surface area contributed by atoms with Crippen molar-refractivity contribution in [2.45, 2.75) is 63.5 Å². The third-order valence-electron chi connectivity index (χ3n) is 6.75. The second kappa shape index (κ2) is 11.3. The molecule has 0 saturated heterocycles. The molecule has 0 spiro atoms. The fourth-order valence-electron chi connectivity index (χ4n) is 4.55. The summed E-state index contributed by atoms with van der Waals surface area (Å²) in [5.74, 6) is -0.635. The molecule has 1 amide bonds. The highest BCUT2D eigenvalue weighted by atomic mass is 19.4. The number of alkyl halides is 3. The third kappa shape index (κ3) is 6.46. The molecule has 1 aromatic heterocycles. The molecule has 3 aromatic rings. The monoisotopic (exact) mass is 530 g/mol. The quantitative estimate of drug-likeness (QED) is 0.282. The minimum absolute atomic E-state index is 0.0413. The molecule has 1 aliphatic rings. The van der Waals surface area contributed by atoms with Gasteiger partial charge < -0.3 is 19.8 Å². The average molecular weight is 531 g/mol. The van der Waals surface area contributed by atoms with E-state index in [4.69, 9.17) is 9.15 Å². The van der Waals surface area contributed by atoms with Gasteiger partial charge in [-0.15, -0.1) is 0 Å². The topological polar surface area (TPSA) is 99.3 Å². The number of nitriles is 1. The van der Waals surface area contributed by atoms with E-state index >= 15 is 0 Å². The zero-order valence-corrected chi connectivity index (χ0v) is 21.7. The summed E-state index contributed by atoms with van der Waals surface area (Å²) in [4.78, 5) is 12.9. The molecule has 2 unspecified atom stereocenters. The van der Waals surface area contributed by atoms with Gasteiger partial charge in [-0.25, -0.2) is 0 Å². The molecule has 7 nitrogen and oxygen atoms in total. The molecule has 0 aliphatic heterocycles. The standard InChI is InChI=1S/C28H33F3N4O3/c1-17(2)12-22(26(36)35-27(16-32)8-9-27)34-25(28(29,30)31)19-5-6-20-21-13-18(15-33-10-11-37-3)4-7-23(21)38-24(20)14-19/h4-7,13-14,17,22,25,33-34H,8-12,15H2,1-3H3,(H,35,36). The second-order valence-electron chi connectivity index (χ2n) is 10.4. The van der Waals surface area contributed by atoms with E-state index in [0.29, 0.717) is 49.1 Å². The number of amides is 1. The van der Waals surface area contributed by atoms with Crippen LogP contribution in [0.15, 0.2) is 40.8 Å². The maximum Gasteiger partial charge on any atom is 0.407 e. The molecule has 10 heteroatoms. The Balaban J connectivity index is 1.61. The van der Waals surface area contributed by atoms with Crippen LogP contribution in [0, 0.1) is 17.2 Å². The summed E-state index contributed by atoms with van der Waals surface area (Å²) in [6.07, 6.45) is -3.48. The van der Waals surface area contributed by atoms with Gasteiger partial charge in [-0.3, -0.25) is 10.1 Å². The van der Waals surface area contributed by atoms with Crippen LogP contribution < -0.4 is 16.0 Å². The van der Waals surface area contributed by atoms with Crippen LogP contribution in [0.5, 0.6) is 0 Å². The first-order valence-electron chi connectivity index (χ1n) is 12.8. The van der Waals surface area contributed by atoms with Crippen molar-refractivity contribution in [1.29, 1.82) is 5.26 Å². The zero-order valence-electron chi connectivity index (χ0n) is 21.7. The van der Waals surface area contributed by atoms with Gasteiger partial charge >= 0.3 is 6.18 Å². The van der Waals surface area contributed by atoms with Gasteiger partial charge in [-0.2, -0.15) is 18.4 Å². The highest BCUT2D eigenvalue weighted by molar-refractivity contribution is 6.05. The maximum atomic E-state index is 14.3. The van der Waals surface area contributed by atoms with Crippen molar-refractivity contribution in [2.24, 2.45) is 5.92 Å². The molecule has 1 heterocycles. The van der Waals surface area contributed by atoms with Gasteiger partial charge in [0.25, 0.3) is 0 Å². The van der Waals surface area contributed by atoms with E-state index in [1.807, 2.05) is 32.0 Å². The van der Waals surface area contributed by atoms with Gasteiger partial charge in [0, 0.05) is 31.0 Å². The number of ether oxygens (including phenoxy) is 1. The summed E-state index contributed by atoms with van der Waals surface area (Å²) < 4.78 is 53.9. The van der Waals surface area contributed by atoms with Crippen molar-refractivity contribution >= 4 is 27.8 Å². The van der Waals surface area contributed by atoms with E-state index in [1.165, 1.54) is 12.1 Å². The van der Waals surface area contributed by atoms with Crippen molar-refractivity contribution in [2.75, 3.05) is 20.3 Å². The lowest BCUT2D eigenvalue weighted by Crippen LogP contribution is -2.52. The molecule has 0 radical (unpaired) electrons. The fraction of sp³-hybridized carbons (Fsp3) is 0.500. The van der Waals surface area contributed by atoms with Crippen LogP contribution >= 0.6 is 0 Å². The minimum Gasteiger partial charge on any atom is -0.456 e. The number of carbonyl (C=O) groups excluding carboxylic acids is 1. The fourth-order valence-corrected chi connectivity index (χ4v) is 4.55. The number of nitrogens with one attached hydrogen (secondary N) is 3. The molecule has 38 heavy (non-hydrogen) atoms. The normalized spacial score (nSPS) is 16.5. The first-order valence-corrected chi connectivity index (χ1v) is 12.8. The van der Waals surface area contributed by atoms with E-state index in [2.05, 4.69) is 22.0 Å². The van der Waals surface area contributed by atoms with Gasteiger partial charge in [0.15, 0.2) is 0 Å². The number of rotatable bonds is 12. The number of methoxy groups -OCH3 is 1. The van der Waals surface area contributed by atoms with E-state index < -0.39 is 29.7 Å². The molecule has 4 rings (SSSR count). The van der Waals surface area contributed by atoms with Crippen LogP contribution in [0.3, 0.4) is 0 Å². The van der Waals surface area contributed by atoms with Crippen molar-refractivity contribution in [3.63, 3.8) is 0 Å². The zero-order chi connectivity index (χ0) is 27.5. The molecule has 204 valence electrons. The molecule has 0 bridgehead atoms. The van der Waals surface area contributed by atoms with E-state index in [0.717, 1.165) is 10.9 Å². The Morgan fingerprint density at radius 3 is 2.55 bits per heavy atom. The first kappa shape index (κ1) is 27.9. The second-order valence-corrected chi connectivity index (χ2v) is 10.4. The largest absolute Gasteiger partial charge is 0.456 e. The van der Waals surface area contributed by atoms with E-state index in [9.17, 15) is 23.2 Å². The molecule has 1 fully saturated rings. The van der Waals surface area contributed by atoms with E-state index in [-0.39, 0.29) is 17.9 Å². The number of hydrogen-bond donors (Lipinski definition) is 3. The molecular formula is C28H33F3N4O3. The van der Waals surface area contributed by atoms with Gasteiger partial charge in [0.05, 0.1) is 18.7 Å². The molecule has 1 saturated carbocycles. The summed E-state index contributed by atoms with van der Waals surface area (Å²) in [6, 6.07) is 8.98. The summed E-state index contributed by atoms with van der Waals surface area (Å²) in [7, 11) is 1.63. The third-order valence-corrected chi connectivity index (χ3v) is 6.75. The van der Waals surface area contributed by atoms with Gasteiger partial charge in [-0.1, -0.05) is 32.0 Å². The Morgan fingerprint density at radius 1 is 1.16 bits per heavy atom. The van der Waals surface area contributed by atoms with Crippen LogP contribution in [0.25, 0.3) is 21.9 Å². The number of halogens is 3. The molecule has 2 aromatic carbocycles. The Hall–Kier alpha value is -3.13. The molecule has 2 atom stereocenters. The Morgan fingerprint density at radius 2 is 1.92 bits per heavy atom. The lowest BCUT2D eigenvalue weighted by molar-refractivity contribution is -0.161. The maximum absolute atomic E-state index is 14.3. The number of nitrogens with zero attached hydrogens (tertiary/aromatic N) is 1. The van der Waals surface area contributed by atoms with Crippen LogP contribution in [0.4, 0.5) is 13.2 Å². The number of fused-ring (bicyclic) bond motifs is 3. The molecule has 1 aliphatic carbocycles. The minimum atomic E-state index is -4.66. The highest BCUT2D eigenvalue weighted by Gasteiger charge is 2.47. The predicted octanol–water partition coefficient (Wildman–Crippen LogP) is 5.10. The van der Waals surface area contributed by atoms with Crippen molar-refractivity contribution < 1.29 is 27.1 Å². The highest BCUT2D eigenvalue weighted by Crippen LogP contribution is 2.38. The average Bonchev–Trinajstić information content (AvgIpc) is 3.54. The number of hydrogen-bond acceptors (Lipinski definition) is 6. The number of benzene rings is 2. The van der Waals surface area contributed by atoms with Gasteiger partial charge in [0.1, 0.15) is 22.7 Å². The Bertz CT molecular complexity index is 1320. The van der Waals surface area contributed by atoms with Crippen molar-refractivity contribution in [3.8, 4) is 6.07 Å². The van der Waals surface area contributed by atoms with Crippen LogP contribution in [0.1, 0.15) is 50.3 Å².